The van der Waals surface area contributed by atoms with Crippen molar-refractivity contribution in [1.82, 2.24) is 5.32 Å². The topological polar surface area (TPSA) is 110 Å². The van der Waals surface area contributed by atoms with E-state index >= 15 is 0 Å². The van der Waals surface area contributed by atoms with Crippen molar-refractivity contribution in [3.8, 4) is 0 Å². The zero-order valence-corrected chi connectivity index (χ0v) is 34.1. The number of rotatable bonds is 41. The smallest absolute Gasteiger partial charge is 0.249 e. The van der Waals surface area contributed by atoms with Crippen LogP contribution in [0.4, 0.5) is 0 Å². The van der Waals surface area contributed by atoms with Gasteiger partial charge in [-0.2, -0.15) is 0 Å². The highest BCUT2D eigenvalue weighted by Gasteiger charge is 2.28. The Hall–Kier alpha value is -0.950. The number of hydrogen-bond acceptors (Lipinski definition) is 5. The molecule has 0 rings (SSSR count). The highest BCUT2D eigenvalue weighted by atomic mass is 16.3. The predicted octanol–water partition coefficient (Wildman–Crippen LogP) is 11.8. The number of aliphatic hydroxyl groups is 4. The number of aliphatic hydroxyl groups excluding tert-OH is 4. The van der Waals surface area contributed by atoms with Gasteiger partial charge in [-0.15, -0.1) is 0 Å². The van der Waals surface area contributed by atoms with Crippen molar-refractivity contribution in [2.45, 2.75) is 263 Å². The lowest BCUT2D eigenvalue weighted by atomic mass is 9.99. The fraction of sp³-hybridized carbons (Fsp3) is 0.933. The number of amides is 1. The average Bonchev–Trinajstić information content (AvgIpc) is 3.13. The summed E-state index contributed by atoms with van der Waals surface area (Å²) in [6.45, 7) is 4.03. The maximum absolute atomic E-state index is 12.5. The van der Waals surface area contributed by atoms with Gasteiger partial charge in [0.05, 0.1) is 18.8 Å². The van der Waals surface area contributed by atoms with Crippen LogP contribution in [0.1, 0.15) is 239 Å². The first-order valence-corrected chi connectivity index (χ1v) is 22.6. The van der Waals surface area contributed by atoms with Gasteiger partial charge in [0.1, 0.15) is 12.2 Å². The second kappa shape index (κ2) is 40.2. The molecule has 0 aliphatic heterocycles. The molecule has 6 nitrogen and oxygen atoms in total. The molecule has 0 saturated carbocycles. The maximum atomic E-state index is 12.5. The Morgan fingerprint density at radius 1 is 0.471 bits per heavy atom. The molecule has 0 aromatic heterocycles. The van der Waals surface area contributed by atoms with Gasteiger partial charge >= 0.3 is 0 Å². The molecule has 0 heterocycles. The van der Waals surface area contributed by atoms with E-state index in [0.29, 0.717) is 12.8 Å². The molecule has 0 fully saturated rings. The highest BCUT2D eigenvalue weighted by Crippen LogP contribution is 2.16. The van der Waals surface area contributed by atoms with E-state index in [2.05, 4.69) is 31.3 Å². The molecule has 4 atom stereocenters. The van der Waals surface area contributed by atoms with Gasteiger partial charge in [0, 0.05) is 0 Å². The van der Waals surface area contributed by atoms with Crippen LogP contribution in [0.5, 0.6) is 0 Å². The van der Waals surface area contributed by atoms with Crippen molar-refractivity contribution in [1.29, 1.82) is 0 Å². The van der Waals surface area contributed by atoms with E-state index in [1.54, 1.807) is 0 Å². The molecule has 0 spiro atoms. The maximum Gasteiger partial charge on any atom is 0.249 e. The van der Waals surface area contributed by atoms with Gasteiger partial charge in [0.15, 0.2) is 0 Å². The van der Waals surface area contributed by atoms with Crippen LogP contribution in [0.3, 0.4) is 0 Å². The first kappa shape index (κ1) is 50.1. The molecule has 0 aromatic carbocycles. The molecule has 0 aliphatic rings. The SMILES string of the molecule is CCCCCCCCCCCCCC/C=C\CCCCCCCCCCCCC(O)C(=O)NC(CO)C(O)C(O)CCCCCCCCCCC. The first-order valence-electron chi connectivity index (χ1n) is 22.6. The normalized spacial score (nSPS) is 14.2. The summed E-state index contributed by atoms with van der Waals surface area (Å²) in [5, 5.41) is 43.5. The highest BCUT2D eigenvalue weighted by molar-refractivity contribution is 5.80. The molecule has 0 radical (unpaired) electrons. The molecule has 51 heavy (non-hydrogen) atoms. The Kier molecular flexibility index (Phi) is 39.5. The van der Waals surface area contributed by atoms with Gasteiger partial charge in [0.2, 0.25) is 5.91 Å². The summed E-state index contributed by atoms with van der Waals surface area (Å²) in [6, 6.07) is -0.980. The van der Waals surface area contributed by atoms with Crippen molar-refractivity contribution >= 4 is 5.91 Å². The Morgan fingerprint density at radius 2 is 0.784 bits per heavy atom. The van der Waals surface area contributed by atoms with Crippen LogP contribution in [0, 0.1) is 0 Å². The fourth-order valence-electron chi connectivity index (χ4n) is 7.11. The van der Waals surface area contributed by atoms with E-state index in [1.165, 1.54) is 173 Å². The molecule has 4 unspecified atom stereocenters. The van der Waals surface area contributed by atoms with Crippen LogP contribution < -0.4 is 5.32 Å². The zero-order valence-electron chi connectivity index (χ0n) is 34.1. The minimum Gasteiger partial charge on any atom is -0.394 e. The summed E-state index contributed by atoms with van der Waals surface area (Å²) in [5.41, 5.74) is 0. The van der Waals surface area contributed by atoms with E-state index < -0.39 is 36.9 Å². The van der Waals surface area contributed by atoms with Crippen molar-refractivity contribution in [3.05, 3.63) is 12.2 Å². The van der Waals surface area contributed by atoms with Crippen LogP contribution in [0.15, 0.2) is 12.2 Å². The predicted molar refractivity (Wildman–Crippen MR) is 219 cm³/mol. The molecule has 0 aromatic rings. The third-order valence-electron chi connectivity index (χ3n) is 10.7. The van der Waals surface area contributed by atoms with Gasteiger partial charge in [0.25, 0.3) is 0 Å². The Labute approximate surface area is 317 Å². The molecule has 6 heteroatoms. The molecule has 1 amide bonds. The van der Waals surface area contributed by atoms with Crippen molar-refractivity contribution in [3.63, 3.8) is 0 Å². The van der Waals surface area contributed by atoms with Crippen molar-refractivity contribution in [2.24, 2.45) is 0 Å². The number of unbranched alkanes of at least 4 members (excludes halogenated alkanes) is 30. The summed E-state index contributed by atoms with van der Waals surface area (Å²) in [7, 11) is 0. The van der Waals surface area contributed by atoms with Crippen molar-refractivity contribution in [2.75, 3.05) is 6.61 Å². The third kappa shape index (κ3) is 34.6. The molecule has 304 valence electrons. The van der Waals surface area contributed by atoms with Crippen LogP contribution in [0.25, 0.3) is 0 Å². The number of carbonyl (C=O) groups excluding carboxylic acids is 1. The molecular weight excluding hydrogens is 634 g/mol. The second-order valence-corrected chi connectivity index (χ2v) is 15.8. The summed E-state index contributed by atoms with van der Waals surface area (Å²) >= 11 is 0. The number of carbonyl (C=O) groups is 1. The van der Waals surface area contributed by atoms with Crippen LogP contribution in [-0.2, 0) is 4.79 Å². The standard InChI is InChI=1S/C45H89NO5/c1-3-5-7-9-11-13-14-15-16-17-18-19-20-21-22-23-24-25-26-27-28-29-31-33-35-37-39-43(49)45(51)46-41(40-47)44(50)42(48)38-36-34-32-30-12-10-8-6-4-2/h21-22,41-44,47-50H,3-20,23-40H2,1-2H3,(H,46,51)/b22-21-. The van der Waals surface area contributed by atoms with Gasteiger partial charge in [-0.05, 0) is 38.5 Å². The largest absolute Gasteiger partial charge is 0.394 e. The third-order valence-corrected chi connectivity index (χ3v) is 10.7. The quantitative estimate of drug-likeness (QED) is 0.0319. The summed E-state index contributed by atoms with van der Waals surface area (Å²) in [4.78, 5) is 12.5. The zero-order chi connectivity index (χ0) is 37.5. The van der Waals surface area contributed by atoms with E-state index in [0.717, 1.165) is 38.5 Å². The molecular formula is C45H89NO5. The van der Waals surface area contributed by atoms with Crippen molar-refractivity contribution < 1.29 is 25.2 Å². The van der Waals surface area contributed by atoms with Crippen LogP contribution >= 0.6 is 0 Å². The molecule has 0 saturated heterocycles. The number of hydrogen-bond donors (Lipinski definition) is 5. The second-order valence-electron chi connectivity index (χ2n) is 15.8. The van der Waals surface area contributed by atoms with E-state index in [-0.39, 0.29) is 0 Å². The molecule has 0 aliphatic carbocycles. The van der Waals surface area contributed by atoms with Gasteiger partial charge in [-0.3, -0.25) is 4.79 Å². The minimum atomic E-state index is -1.25. The Balaban J connectivity index is 3.61. The molecule has 5 N–H and O–H groups in total. The van der Waals surface area contributed by atoms with E-state index in [9.17, 15) is 25.2 Å². The lowest BCUT2D eigenvalue weighted by Gasteiger charge is -2.27. The lowest BCUT2D eigenvalue weighted by molar-refractivity contribution is -0.132. The number of nitrogens with one attached hydrogen (secondary N) is 1. The summed E-state index contributed by atoms with van der Waals surface area (Å²) in [5.74, 6) is -0.585. The van der Waals surface area contributed by atoms with E-state index in [4.69, 9.17) is 0 Å². The van der Waals surface area contributed by atoms with Gasteiger partial charge < -0.3 is 25.7 Å². The first-order chi connectivity index (χ1) is 25.0. The Morgan fingerprint density at radius 3 is 1.14 bits per heavy atom. The average molecular weight is 724 g/mol. The summed E-state index contributed by atoms with van der Waals surface area (Å²) < 4.78 is 0. The van der Waals surface area contributed by atoms with E-state index in [1.807, 2.05) is 0 Å². The van der Waals surface area contributed by atoms with Gasteiger partial charge in [-0.1, -0.05) is 212 Å². The number of allylic oxidation sites excluding steroid dienone is 2. The van der Waals surface area contributed by atoms with Gasteiger partial charge in [-0.25, -0.2) is 0 Å². The minimum absolute atomic E-state index is 0.370. The monoisotopic (exact) mass is 724 g/mol. The Bertz CT molecular complexity index is 731. The fourth-order valence-corrected chi connectivity index (χ4v) is 7.11. The van der Waals surface area contributed by atoms with Crippen LogP contribution in [0.2, 0.25) is 0 Å². The lowest BCUT2D eigenvalue weighted by Crippen LogP contribution is -2.53. The van der Waals surface area contributed by atoms with Crippen LogP contribution in [-0.4, -0.2) is 57.3 Å². The molecule has 0 bridgehead atoms. The summed E-state index contributed by atoms with van der Waals surface area (Å²) in [6.07, 6.45) is 44.1.